The first-order chi connectivity index (χ1) is 8.00. The zero-order valence-electron chi connectivity index (χ0n) is 9.05. The van der Waals surface area contributed by atoms with Gasteiger partial charge in [0.15, 0.2) is 0 Å². The molecule has 2 rings (SSSR count). The van der Waals surface area contributed by atoms with Crippen molar-refractivity contribution in [1.82, 2.24) is 5.16 Å². The molecule has 0 aliphatic rings. The molecule has 5 nitrogen and oxygen atoms in total. The van der Waals surface area contributed by atoms with E-state index in [2.05, 4.69) is 25.6 Å². The number of aromatic carboxylic acids is 1. The average molecular weight is 299 g/mol. The van der Waals surface area contributed by atoms with Crippen LogP contribution in [-0.2, 0) is 0 Å². The molecule has 0 saturated carbocycles. The van der Waals surface area contributed by atoms with E-state index in [9.17, 15) is 4.79 Å². The van der Waals surface area contributed by atoms with Crippen LogP contribution in [0.3, 0.4) is 0 Å². The second kappa shape index (κ2) is 6.05. The number of nitrogens with zero attached hydrogens (tertiary/aromatic N) is 1. The molecule has 0 bridgehead atoms. The Morgan fingerprint density at radius 1 is 1.41 bits per heavy atom. The van der Waals surface area contributed by atoms with Gasteiger partial charge in [-0.15, -0.1) is 0 Å². The molecular weight excluding hydrogens is 288 g/mol. The number of carbonyl (C=O) groups is 1. The second-order valence-corrected chi connectivity index (χ2v) is 4.07. The van der Waals surface area contributed by atoms with Gasteiger partial charge >= 0.3 is 5.97 Å². The van der Waals surface area contributed by atoms with Gasteiger partial charge in [-0.3, -0.25) is 0 Å². The molecule has 0 radical (unpaired) electrons. The molecule has 1 heterocycles. The number of carboxylic acid groups (broad SMARTS) is 1. The molecule has 3 N–H and O–H groups in total. The summed E-state index contributed by atoms with van der Waals surface area (Å²) < 4.78 is 5.56. The van der Waals surface area contributed by atoms with E-state index in [0.717, 1.165) is 10.2 Å². The number of aryl methyl sites for hydroxylation is 1. The normalized spacial score (nSPS) is 9.29. The fourth-order valence-electron chi connectivity index (χ4n) is 0.967. The van der Waals surface area contributed by atoms with E-state index in [1.165, 1.54) is 6.20 Å². The van der Waals surface area contributed by atoms with Crippen molar-refractivity contribution < 1.29 is 14.4 Å². The van der Waals surface area contributed by atoms with Crippen LogP contribution in [0.2, 0.25) is 0 Å². The molecule has 2 aromatic rings. The number of nitrogen functional groups attached to an aromatic ring is 1. The lowest BCUT2D eigenvalue weighted by Gasteiger charge is -1.88. The van der Waals surface area contributed by atoms with Gasteiger partial charge in [0, 0.05) is 10.2 Å². The molecule has 0 spiro atoms. The number of hydrogen-bond acceptors (Lipinski definition) is 4. The van der Waals surface area contributed by atoms with Crippen LogP contribution < -0.4 is 5.73 Å². The molecule has 0 fully saturated rings. The van der Waals surface area contributed by atoms with E-state index in [-0.39, 0.29) is 5.56 Å². The summed E-state index contributed by atoms with van der Waals surface area (Å²) in [5.74, 6) is -0.670. The first-order valence-corrected chi connectivity index (χ1v) is 5.45. The number of nitrogens with two attached hydrogens (primary N) is 1. The average Bonchev–Trinajstić information content (AvgIpc) is 2.70. The fourth-order valence-corrected chi connectivity index (χ4v) is 1.23. The van der Waals surface area contributed by atoms with Crippen molar-refractivity contribution in [2.75, 3.05) is 5.73 Å². The molecule has 0 aliphatic heterocycles. The molecule has 90 valence electrons. The lowest BCUT2D eigenvalue weighted by Crippen LogP contribution is -1.94. The second-order valence-electron chi connectivity index (χ2n) is 3.15. The Balaban J connectivity index is 0.000000171. The standard InChI is InChI=1S/C6H6BrN.C5H5NO3/c7-5-1-3-6(8)4-2-5;1-3-4(5(7)8)2-6-9-3/h1-4H,8H2;2H,1H3,(H,7,8). The minimum Gasteiger partial charge on any atom is -0.478 e. The largest absolute Gasteiger partial charge is 0.478 e. The highest BCUT2D eigenvalue weighted by atomic mass is 79.9. The summed E-state index contributed by atoms with van der Waals surface area (Å²) in [6, 6.07) is 7.53. The van der Waals surface area contributed by atoms with Crippen molar-refractivity contribution in [1.29, 1.82) is 0 Å². The number of rotatable bonds is 1. The highest BCUT2D eigenvalue weighted by molar-refractivity contribution is 9.10. The summed E-state index contributed by atoms with van der Waals surface area (Å²) in [5, 5.41) is 11.6. The molecule has 0 unspecified atom stereocenters. The van der Waals surface area contributed by atoms with E-state index >= 15 is 0 Å². The highest BCUT2D eigenvalue weighted by Crippen LogP contribution is 2.10. The lowest BCUT2D eigenvalue weighted by molar-refractivity contribution is 0.0695. The number of halogens is 1. The smallest absolute Gasteiger partial charge is 0.340 e. The molecule has 6 heteroatoms. The minimum absolute atomic E-state index is 0.120. The third-order valence-corrected chi connectivity index (χ3v) is 2.38. The fraction of sp³-hybridized carbons (Fsp3) is 0.0909. The Hall–Kier alpha value is -1.82. The maximum Gasteiger partial charge on any atom is 0.340 e. The highest BCUT2D eigenvalue weighted by Gasteiger charge is 2.09. The number of hydrogen-bond donors (Lipinski definition) is 2. The summed E-state index contributed by atoms with van der Waals surface area (Å²) >= 11 is 3.29. The van der Waals surface area contributed by atoms with Crippen LogP contribution in [0, 0.1) is 6.92 Å². The molecular formula is C11H11BrN2O3. The van der Waals surface area contributed by atoms with Gasteiger partial charge in [0.1, 0.15) is 11.3 Å². The first kappa shape index (κ1) is 13.2. The van der Waals surface area contributed by atoms with Crippen LogP contribution in [0.25, 0.3) is 0 Å². The van der Waals surface area contributed by atoms with Gasteiger partial charge in [-0.05, 0) is 31.2 Å². The van der Waals surface area contributed by atoms with Crippen molar-refractivity contribution in [3.05, 3.63) is 46.3 Å². The van der Waals surface area contributed by atoms with E-state index in [1.807, 2.05) is 24.3 Å². The van der Waals surface area contributed by atoms with Gasteiger partial charge in [0.25, 0.3) is 0 Å². The molecule has 0 amide bonds. The Morgan fingerprint density at radius 3 is 2.29 bits per heavy atom. The molecule has 0 atom stereocenters. The molecule has 0 aliphatic carbocycles. The van der Waals surface area contributed by atoms with Crippen molar-refractivity contribution >= 4 is 27.6 Å². The van der Waals surface area contributed by atoms with Crippen LogP contribution in [0.4, 0.5) is 5.69 Å². The van der Waals surface area contributed by atoms with Crippen LogP contribution in [-0.4, -0.2) is 16.2 Å². The van der Waals surface area contributed by atoms with E-state index < -0.39 is 5.97 Å². The first-order valence-electron chi connectivity index (χ1n) is 4.66. The van der Waals surface area contributed by atoms with Crippen molar-refractivity contribution in [2.45, 2.75) is 6.92 Å². The molecule has 17 heavy (non-hydrogen) atoms. The van der Waals surface area contributed by atoms with Crippen LogP contribution in [0.15, 0.2) is 39.5 Å². The number of aromatic nitrogens is 1. The van der Waals surface area contributed by atoms with Gasteiger partial charge in [0.05, 0.1) is 6.20 Å². The Kier molecular flexibility index (Phi) is 4.71. The van der Waals surface area contributed by atoms with E-state index in [0.29, 0.717) is 5.76 Å². The van der Waals surface area contributed by atoms with Gasteiger partial charge in [-0.2, -0.15) is 0 Å². The Morgan fingerprint density at radius 2 is 2.00 bits per heavy atom. The van der Waals surface area contributed by atoms with Gasteiger partial charge in [-0.25, -0.2) is 4.79 Å². The van der Waals surface area contributed by atoms with Gasteiger partial charge < -0.3 is 15.4 Å². The topological polar surface area (TPSA) is 89.3 Å². The minimum atomic E-state index is -1.01. The predicted octanol–water partition coefficient (Wildman–Crippen LogP) is 2.71. The number of anilines is 1. The van der Waals surface area contributed by atoms with Crippen LogP contribution >= 0.6 is 15.9 Å². The SMILES string of the molecule is Cc1oncc1C(=O)O.Nc1ccc(Br)cc1. The molecule has 0 saturated heterocycles. The van der Waals surface area contributed by atoms with Crippen LogP contribution in [0.1, 0.15) is 16.1 Å². The van der Waals surface area contributed by atoms with Crippen molar-refractivity contribution in [3.8, 4) is 0 Å². The van der Waals surface area contributed by atoms with Crippen molar-refractivity contribution in [2.24, 2.45) is 0 Å². The summed E-state index contributed by atoms with van der Waals surface area (Å²) in [6.07, 6.45) is 1.18. The maximum absolute atomic E-state index is 10.2. The summed E-state index contributed by atoms with van der Waals surface area (Å²) in [6.45, 7) is 1.55. The Labute approximate surface area is 106 Å². The third kappa shape index (κ3) is 4.28. The van der Waals surface area contributed by atoms with E-state index in [1.54, 1.807) is 6.92 Å². The zero-order chi connectivity index (χ0) is 12.8. The summed E-state index contributed by atoms with van der Waals surface area (Å²) in [5.41, 5.74) is 6.33. The van der Waals surface area contributed by atoms with Crippen molar-refractivity contribution in [3.63, 3.8) is 0 Å². The molecule has 1 aromatic heterocycles. The number of carboxylic acids is 1. The Bertz CT molecular complexity index is 473. The quantitative estimate of drug-likeness (QED) is 0.790. The summed E-state index contributed by atoms with van der Waals surface area (Å²) in [7, 11) is 0. The predicted molar refractivity (Wildman–Crippen MR) is 66.8 cm³/mol. The lowest BCUT2D eigenvalue weighted by atomic mass is 10.3. The van der Waals surface area contributed by atoms with Crippen LogP contribution in [0.5, 0.6) is 0 Å². The van der Waals surface area contributed by atoms with Gasteiger partial charge in [-0.1, -0.05) is 21.1 Å². The van der Waals surface area contributed by atoms with E-state index in [4.69, 9.17) is 10.8 Å². The zero-order valence-corrected chi connectivity index (χ0v) is 10.6. The molecule has 1 aromatic carbocycles. The maximum atomic E-state index is 10.2. The van der Waals surface area contributed by atoms with Gasteiger partial charge in [0.2, 0.25) is 0 Å². The number of benzene rings is 1. The summed E-state index contributed by atoms with van der Waals surface area (Å²) in [4.78, 5) is 10.2. The monoisotopic (exact) mass is 298 g/mol. The third-order valence-electron chi connectivity index (χ3n) is 1.85.